The molecule has 0 amide bonds. The molecule has 0 radical (unpaired) electrons. The van der Waals surface area contributed by atoms with Crippen LogP contribution in [0.5, 0.6) is 0 Å². The first-order valence-corrected chi connectivity index (χ1v) is 6.01. The lowest BCUT2D eigenvalue weighted by Gasteiger charge is -2.22. The normalized spacial score (nSPS) is 15.9. The van der Waals surface area contributed by atoms with Crippen LogP contribution in [0.2, 0.25) is 0 Å². The molecule has 0 rings (SSSR count). The van der Waals surface area contributed by atoms with E-state index in [4.69, 9.17) is 10.2 Å². The summed E-state index contributed by atoms with van der Waals surface area (Å²) in [5.74, 6) is 0.735. The smallest absolute Gasteiger partial charge is 0.154 e. The molecule has 2 unspecified atom stereocenters. The maximum absolute atomic E-state index is 9.14. The van der Waals surface area contributed by atoms with Gasteiger partial charge in [0.1, 0.15) is 0 Å². The van der Waals surface area contributed by atoms with Crippen molar-refractivity contribution in [3.63, 3.8) is 0 Å². The van der Waals surface area contributed by atoms with Crippen LogP contribution in [0.1, 0.15) is 59.3 Å². The van der Waals surface area contributed by atoms with Crippen LogP contribution in [0.25, 0.3) is 0 Å². The summed E-state index contributed by atoms with van der Waals surface area (Å²) in [4.78, 5) is 0. The van der Waals surface area contributed by atoms with E-state index in [-0.39, 0.29) is 5.92 Å². The average Bonchev–Trinajstić information content (AvgIpc) is 2.18. The molecule has 2 nitrogen and oxygen atoms in total. The Bertz CT molecular complexity index is 123. The molecule has 2 heteroatoms. The van der Waals surface area contributed by atoms with E-state index >= 15 is 0 Å². The molecule has 0 saturated heterocycles. The highest BCUT2D eigenvalue weighted by molar-refractivity contribution is 4.66. The second-order valence-electron chi connectivity index (χ2n) is 4.23. The summed E-state index contributed by atoms with van der Waals surface area (Å²) in [6.45, 7) is 6.42. The highest BCUT2D eigenvalue weighted by atomic mass is 16.5. The molecule has 0 spiro atoms. The molecule has 0 saturated carbocycles. The lowest BCUT2D eigenvalue weighted by atomic mass is 9.87. The number of aliphatic hydroxyl groups excluding tert-OH is 1. The Morgan fingerprint density at radius 2 is 1.64 bits per heavy atom. The maximum Gasteiger partial charge on any atom is 0.154 e. The van der Waals surface area contributed by atoms with Gasteiger partial charge in [0.05, 0.1) is 0 Å². The molecule has 0 aliphatic carbocycles. The van der Waals surface area contributed by atoms with Gasteiger partial charge in [0.25, 0.3) is 0 Å². The van der Waals surface area contributed by atoms with Gasteiger partial charge in [0.2, 0.25) is 0 Å². The predicted octanol–water partition coefficient (Wildman–Crippen LogP) is 2.93. The SMILES string of the molecule is CCCCC(CC)CC(CC)C(O)O. The molecule has 86 valence electrons. The van der Waals surface area contributed by atoms with Crippen LogP contribution in [0, 0.1) is 11.8 Å². The average molecular weight is 202 g/mol. The molecule has 0 aliphatic heterocycles. The number of aliphatic hydroxyl groups is 2. The van der Waals surface area contributed by atoms with Crippen LogP contribution in [0.4, 0.5) is 0 Å². The Labute approximate surface area is 88.3 Å². The van der Waals surface area contributed by atoms with E-state index in [0.29, 0.717) is 5.92 Å². The maximum atomic E-state index is 9.14. The summed E-state index contributed by atoms with van der Waals surface area (Å²) in [5.41, 5.74) is 0. The van der Waals surface area contributed by atoms with E-state index in [1.54, 1.807) is 0 Å². The third kappa shape index (κ3) is 5.61. The Kier molecular flexibility index (Phi) is 8.20. The van der Waals surface area contributed by atoms with Crippen molar-refractivity contribution >= 4 is 0 Å². The second kappa shape index (κ2) is 8.25. The van der Waals surface area contributed by atoms with Crippen molar-refractivity contribution in [3.05, 3.63) is 0 Å². The monoisotopic (exact) mass is 202 g/mol. The first kappa shape index (κ1) is 13.9. The quantitative estimate of drug-likeness (QED) is 0.594. The van der Waals surface area contributed by atoms with Crippen LogP contribution >= 0.6 is 0 Å². The van der Waals surface area contributed by atoms with Gasteiger partial charge >= 0.3 is 0 Å². The molecule has 2 N–H and O–H groups in total. The molecule has 0 fully saturated rings. The van der Waals surface area contributed by atoms with Crippen LogP contribution < -0.4 is 0 Å². The summed E-state index contributed by atoms with van der Waals surface area (Å²) in [6, 6.07) is 0. The fraction of sp³-hybridized carbons (Fsp3) is 1.00. The Hall–Kier alpha value is -0.0800. The van der Waals surface area contributed by atoms with Crippen molar-refractivity contribution < 1.29 is 10.2 Å². The Morgan fingerprint density at radius 1 is 1.00 bits per heavy atom. The van der Waals surface area contributed by atoms with Gasteiger partial charge in [0, 0.05) is 5.92 Å². The first-order chi connectivity index (χ1) is 6.65. The first-order valence-electron chi connectivity index (χ1n) is 6.01. The number of rotatable bonds is 8. The van der Waals surface area contributed by atoms with Crippen LogP contribution in [0.15, 0.2) is 0 Å². The minimum Gasteiger partial charge on any atom is -0.368 e. The second-order valence-corrected chi connectivity index (χ2v) is 4.23. The largest absolute Gasteiger partial charge is 0.368 e. The van der Waals surface area contributed by atoms with E-state index in [2.05, 4.69) is 13.8 Å². The van der Waals surface area contributed by atoms with Crippen molar-refractivity contribution in [2.75, 3.05) is 0 Å². The summed E-state index contributed by atoms with van der Waals surface area (Å²) < 4.78 is 0. The standard InChI is InChI=1S/C12H26O2/c1-4-7-8-10(5-2)9-11(6-3)12(13)14/h10-14H,4-9H2,1-3H3. The highest BCUT2D eigenvalue weighted by Gasteiger charge is 2.18. The lowest BCUT2D eigenvalue weighted by molar-refractivity contribution is -0.0908. The molecular weight excluding hydrogens is 176 g/mol. The van der Waals surface area contributed by atoms with Crippen LogP contribution in [0.3, 0.4) is 0 Å². The van der Waals surface area contributed by atoms with Gasteiger partial charge in [-0.1, -0.05) is 46.5 Å². The van der Waals surface area contributed by atoms with Gasteiger partial charge in [0.15, 0.2) is 6.29 Å². The van der Waals surface area contributed by atoms with Gasteiger partial charge in [-0.05, 0) is 18.8 Å². The molecule has 0 aromatic carbocycles. The molecule has 0 aliphatic rings. The van der Waals surface area contributed by atoms with Gasteiger partial charge in [-0.25, -0.2) is 0 Å². The van der Waals surface area contributed by atoms with Crippen molar-refractivity contribution in [1.29, 1.82) is 0 Å². The fourth-order valence-electron chi connectivity index (χ4n) is 1.91. The zero-order chi connectivity index (χ0) is 11.0. The van der Waals surface area contributed by atoms with E-state index in [0.717, 1.165) is 19.3 Å². The van der Waals surface area contributed by atoms with E-state index in [9.17, 15) is 0 Å². The van der Waals surface area contributed by atoms with Gasteiger partial charge in [-0.3, -0.25) is 0 Å². The van der Waals surface area contributed by atoms with E-state index in [1.165, 1.54) is 19.3 Å². The van der Waals surface area contributed by atoms with Gasteiger partial charge in [-0.15, -0.1) is 0 Å². The van der Waals surface area contributed by atoms with Gasteiger partial charge in [-0.2, -0.15) is 0 Å². The van der Waals surface area contributed by atoms with Crippen LogP contribution in [-0.2, 0) is 0 Å². The Morgan fingerprint density at radius 3 is 2.00 bits per heavy atom. The molecule has 14 heavy (non-hydrogen) atoms. The van der Waals surface area contributed by atoms with Crippen molar-refractivity contribution in [2.45, 2.75) is 65.6 Å². The molecule has 0 aromatic heterocycles. The molecule has 0 bridgehead atoms. The predicted molar refractivity (Wildman–Crippen MR) is 59.9 cm³/mol. The minimum atomic E-state index is -1.13. The molecule has 2 atom stereocenters. The molecular formula is C12H26O2. The van der Waals surface area contributed by atoms with Crippen LogP contribution in [-0.4, -0.2) is 16.5 Å². The Balaban J connectivity index is 3.87. The third-order valence-corrected chi connectivity index (χ3v) is 3.13. The van der Waals surface area contributed by atoms with Crippen molar-refractivity contribution in [3.8, 4) is 0 Å². The topological polar surface area (TPSA) is 40.5 Å². The summed E-state index contributed by atoms with van der Waals surface area (Å²) in [5, 5.41) is 18.3. The summed E-state index contributed by atoms with van der Waals surface area (Å²) >= 11 is 0. The number of unbranched alkanes of at least 4 members (excludes halogenated alkanes) is 1. The number of hydrogen-bond donors (Lipinski definition) is 2. The van der Waals surface area contributed by atoms with Crippen molar-refractivity contribution in [1.82, 2.24) is 0 Å². The summed E-state index contributed by atoms with van der Waals surface area (Å²) in [6.07, 6.45) is 5.58. The molecule has 0 aromatic rings. The third-order valence-electron chi connectivity index (χ3n) is 3.13. The zero-order valence-corrected chi connectivity index (χ0v) is 9.87. The lowest BCUT2D eigenvalue weighted by Crippen LogP contribution is -2.21. The number of hydrogen-bond acceptors (Lipinski definition) is 2. The molecule has 0 heterocycles. The fourth-order valence-corrected chi connectivity index (χ4v) is 1.91. The van der Waals surface area contributed by atoms with E-state index in [1.807, 2.05) is 6.92 Å². The van der Waals surface area contributed by atoms with E-state index < -0.39 is 6.29 Å². The summed E-state index contributed by atoms with van der Waals surface area (Å²) in [7, 11) is 0. The highest BCUT2D eigenvalue weighted by Crippen LogP contribution is 2.24. The van der Waals surface area contributed by atoms with Crippen molar-refractivity contribution in [2.24, 2.45) is 11.8 Å². The zero-order valence-electron chi connectivity index (χ0n) is 9.87. The van der Waals surface area contributed by atoms with Gasteiger partial charge < -0.3 is 10.2 Å². The minimum absolute atomic E-state index is 0.0665.